The van der Waals surface area contributed by atoms with Crippen LogP contribution in [-0.4, -0.2) is 31.0 Å². The fourth-order valence-corrected chi connectivity index (χ4v) is 3.06. The molecule has 0 radical (unpaired) electrons. The Morgan fingerprint density at radius 2 is 2.14 bits per heavy atom. The minimum Gasteiger partial charge on any atom is -0.507 e. The van der Waals surface area contributed by atoms with Crippen LogP contribution in [0.15, 0.2) is 18.2 Å². The van der Waals surface area contributed by atoms with Gasteiger partial charge in [0.05, 0.1) is 13.2 Å². The van der Waals surface area contributed by atoms with Crippen molar-refractivity contribution in [3.8, 4) is 11.5 Å². The molecule has 1 aromatic rings. The predicted molar refractivity (Wildman–Crippen MR) is 83.8 cm³/mol. The van der Waals surface area contributed by atoms with E-state index in [2.05, 4.69) is 26.1 Å². The molecule has 0 bridgehead atoms. The zero-order valence-electron chi connectivity index (χ0n) is 13.6. The topological polar surface area (TPSA) is 50.7 Å². The van der Waals surface area contributed by atoms with Crippen molar-refractivity contribution >= 4 is 0 Å². The molecular weight excluding hydrogens is 266 g/mol. The molecule has 3 unspecified atom stereocenters. The smallest absolute Gasteiger partial charge is 0.124 e. The van der Waals surface area contributed by atoms with Crippen molar-refractivity contribution < 1.29 is 14.6 Å². The first-order valence-corrected chi connectivity index (χ1v) is 7.64. The molecule has 1 aliphatic carbocycles. The Labute approximate surface area is 127 Å². The molecule has 118 valence electrons. The number of phenols is 1. The molecule has 0 aliphatic heterocycles. The number of phenolic OH excluding ortho intramolecular Hbond substituents is 1. The van der Waals surface area contributed by atoms with E-state index in [1.165, 1.54) is 0 Å². The highest BCUT2D eigenvalue weighted by Crippen LogP contribution is 2.44. The van der Waals surface area contributed by atoms with Crippen LogP contribution in [0.3, 0.4) is 0 Å². The van der Waals surface area contributed by atoms with E-state index in [0.717, 1.165) is 18.6 Å². The quantitative estimate of drug-likeness (QED) is 0.845. The van der Waals surface area contributed by atoms with Gasteiger partial charge in [-0.1, -0.05) is 19.9 Å². The molecule has 1 aromatic carbocycles. The van der Waals surface area contributed by atoms with Gasteiger partial charge >= 0.3 is 0 Å². The lowest BCUT2D eigenvalue weighted by molar-refractivity contribution is -0.116. The van der Waals surface area contributed by atoms with Crippen LogP contribution in [0.1, 0.15) is 45.7 Å². The maximum Gasteiger partial charge on any atom is 0.124 e. The molecule has 4 nitrogen and oxygen atoms in total. The molecule has 2 rings (SSSR count). The Morgan fingerprint density at radius 3 is 2.67 bits per heavy atom. The van der Waals surface area contributed by atoms with Crippen molar-refractivity contribution in [1.29, 1.82) is 0 Å². The van der Waals surface area contributed by atoms with Gasteiger partial charge in [-0.25, -0.2) is 0 Å². The van der Waals surface area contributed by atoms with E-state index >= 15 is 0 Å². The van der Waals surface area contributed by atoms with E-state index in [1.807, 2.05) is 19.1 Å². The molecule has 2 N–H and O–H groups in total. The summed E-state index contributed by atoms with van der Waals surface area (Å²) < 4.78 is 10.9. The highest BCUT2D eigenvalue weighted by atomic mass is 16.5. The van der Waals surface area contributed by atoms with Crippen molar-refractivity contribution in [3.63, 3.8) is 0 Å². The summed E-state index contributed by atoms with van der Waals surface area (Å²) >= 11 is 0. The number of benzene rings is 1. The second kappa shape index (κ2) is 6.24. The maximum atomic E-state index is 10.1. The Morgan fingerprint density at radius 1 is 1.43 bits per heavy atom. The van der Waals surface area contributed by atoms with Crippen LogP contribution < -0.4 is 10.1 Å². The highest BCUT2D eigenvalue weighted by molar-refractivity contribution is 5.41. The van der Waals surface area contributed by atoms with Crippen molar-refractivity contribution in [1.82, 2.24) is 5.32 Å². The van der Waals surface area contributed by atoms with Crippen LogP contribution in [-0.2, 0) is 4.74 Å². The van der Waals surface area contributed by atoms with E-state index < -0.39 is 0 Å². The number of rotatable bonds is 6. The van der Waals surface area contributed by atoms with E-state index in [1.54, 1.807) is 13.2 Å². The molecule has 0 aromatic heterocycles. The summed E-state index contributed by atoms with van der Waals surface area (Å²) in [6.45, 7) is 9.33. The molecule has 0 amide bonds. The molecule has 3 atom stereocenters. The molecule has 0 heterocycles. The van der Waals surface area contributed by atoms with Crippen molar-refractivity contribution in [3.05, 3.63) is 23.8 Å². The lowest BCUT2D eigenvalue weighted by Crippen LogP contribution is -2.61. The zero-order valence-corrected chi connectivity index (χ0v) is 13.6. The van der Waals surface area contributed by atoms with Crippen LogP contribution in [0.2, 0.25) is 0 Å². The molecule has 0 saturated heterocycles. The van der Waals surface area contributed by atoms with Gasteiger partial charge in [0, 0.05) is 35.7 Å². The van der Waals surface area contributed by atoms with Gasteiger partial charge in [-0.05, 0) is 26.3 Å². The summed E-state index contributed by atoms with van der Waals surface area (Å²) in [7, 11) is 1.60. The monoisotopic (exact) mass is 293 g/mol. The average Bonchev–Trinajstić information content (AvgIpc) is 2.45. The first-order chi connectivity index (χ1) is 9.90. The Bertz CT molecular complexity index is 487. The number of nitrogens with one attached hydrogen (secondary N) is 1. The van der Waals surface area contributed by atoms with Crippen molar-refractivity contribution in [2.75, 3.05) is 13.7 Å². The molecule has 21 heavy (non-hydrogen) atoms. The van der Waals surface area contributed by atoms with Gasteiger partial charge in [0.2, 0.25) is 0 Å². The average molecular weight is 293 g/mol. The maximum absolute atomic E-state index is 10.1. The van der Waals surface area contributed by atoms with Gasteiger partial charge in [-0.2, -0.15) is 0 Å². The lowest BCUT2D eigenvalue weighted by atomic mass is 9.64. The van der Waals surface area contributed by atoms with Crippen LogP contribution >= 0.6 is 0 Å². The van der Waals surface area contributed by atoms with Crippen LogP contribution in [0, 0.1) is 5.41 Å². The SMILES string of the molecule is CCOC1CC(NC(C)c2ccc(OC)cc2O)C1(C)C. The summed E-state index contributed by atoms with van der Waals surface area (Å²) in [6, 6.07) is 5.93. The van der Waals surface area contributed by atoms with Gasteiger partial charge < -0.3 is 19.9 Å². The normalized spacial score (nSPS) is 25.2. The second-order valence-electron chi connectivity index (χ2n) is 6.37. The molecule has 4 heteroatoms. The Kier molecular flexibility index (Phi) is 4.79. The summed E-state index contributed by atoms with van der Waals surface area (Å²) in [5.74, 6) is 0.941. The summed E-state index contributed by atoms with van der Waals surface area (Å²) in [5, 5.41) is 13.7. The number of methoxy groups -OCH3 is 1. The third-order valence-electron chi connectivity index (χ3n) is 4.70. The number of aromatic hydroxyl groups is 1. The third-order valence-corrected chi connectivity index (χ3v) is 4.70. The summed E-state index contributed by atoms with van der Waals surface area (Å²) in [4.78, 5) is 0. The number of hydrogen-bond acceptors (Lipinski definition) is 4. The van der Waals surface area contributed by atoms with Gasteiger partial charge in [-0.3, -0.25) is 0 Å². The lowest BCUT2D eigenvalue weighted by Gasteiger charge is -2.52. The molecular formula is C17H27NO3. The van der Waals surface area contributed by atoms with Crippen LogP contribution in [0.5, 0.6) is 11.5 Å². The molecule has 1 aliphatic rings. The first kappa shape index (κ1) is 16.1. The molecule has 0 spiro atoms. The first-order valence-electron chi connectivity index (χ1n) is 7.64. The summed E-state index contributed by atoms with van der Waals surface area (Å²) in [5.41, 5.74) is 1.01. The fourth-order valence-electron chi connectivity index (χ4n) is 3.06. The van der Waals surface area contributed by atoms with E-state index in [0.29, 0.717) is 17.9 Å². The number of hydrogen-bond donors (Lipinski definition) is 2. The Hall–Kier alpha value is -1.26. The van der Waals surface area contributed by atoms with E-state index in [4.69, 9.17) is 9.47 Å². The van der Waals surface area contributed by atoms with Crippen molar-refractivity contribution in [2.45, 2.75) is 52.3 Å². The summed E-state index contributed by atoms with van der Waals surface area (Å²) in [6.07, 6.45) is 1.33. The minimum absolute atomic E-state index is 0.0859. The van der Waals surface area contributed by atoms with Crippen molar-refractivity contribution in [2.24, 2.45) is 5.41 Å². The predicted octanol–water partition coefficient (Wildman–Crippen LogP) is 3.26. The highest BCUT2D eigenvalue weighted by Gasteiger charge is 2.49. The van der Waals surface area contributed by atoms with Gasteiger partial charge in [0.15, 0.2) is 0 Å². The van der Waals surface area contributed by atoms with Gasteiger partial charge in [0.1, 0.15) is 11.5 Å². The fraction of sp³-hybridized carbons (Fsp3) is 0.647. The van der Waals surface area contributed by atoms with Crippen LogP contribution in [0.25, 0.3) is 0 Å². The Balaban J connectivity index is 2.01. The van der Waals surface area contributed by atoms with E-state index in [9.17, 15) is 5.11 Å². The number of ether oxygens (including phenoxy) is 2. The molecule has 1 saturated carbocycles. The van der Waals surface area contributed by atoms with Gasteiger partial charge in [-0.15, -0.1) is 0 Å². The standard InChI is InChI=1S/C17H27NO3/c1-6-21-16-10-15(17(16,3)4)18-11(2)13-8-7-12(20-5)9-14(13)19/h7-9,11,15-16,18-19H,6,10H2,1-5H3. The molecule has 1 fully saturated rings. The van der Waals surface area contributed by atoms with Crippen LogP contribution in [0.4, 0.5) is 0 Å². The van der Waals surface area contributed by atoms with E-state index in [-0.39, 0.29) is 17.2 Å². The minimum atomic E-state index is 0.0859. The zero-order chi connectivity index (χ0) is 15.6. The third kappa shape index (κ3) is 3.16. The van der Waals surface area contributed by atoms with Gasteiger partial charge in [0.25, 0.3) is 0 Å². The largest absolute Gasteiger partial charge is 0.507 e. The second-order valence-corrected chi connectivity index (χ2v) is 6.37.